The molecule has 5 nitrogen and oxygen atoms in total. The second-order valence-corrected chi connectivity index (χ2v) is 4.44. The molecule has 1 atom stereocenters. The van der Waals surface area contributed by atoms with Gasteiger partial charge in [0.2, 0.25) is 0 Å². The van der Waals surface area contributed by atoms with E-state index < -0.39 is 5.97 Å². The zero-order valence-corrected chi connectivity index (χ0v) is 9.06. The van der Waals surface area contributed by atoms with E-state index in [9.17, 15) is 4.79 Å². The molecule has 2 aliphatic rings. The molecule has 1 unspecified atom stereocenters. The quantitative estimate of drug-likeness (QED) is 0.685. The molecule has 0 bridgehead atoms. The second-order valence-electron chi connectivity index (χ2n) is 4.44. The van der Waals surface area contributed by atoms with E-state index in [1.807, 2.05) is 0 Å². The Kier molecular flexibility index (Phi) is 3.23. The van der Waals surface area contributed by atoms with E-state index in [4.69, 9.17) is 9.84 Å². The lowest BCUT2D eigenvalue weighted by atomic mass is 10.0. The molecule has 2 heterocycles. The van der Waals surface area contributed by atoms with E-state index in [0.717, 1.165) is 26.2 Å². The molecule has 2 rings (SSSR count). The van der Waals surface area contributed by atoms with Crippen molar-refractivity contribution in [2.45, 2.75) is 18.5 Å². The Labute approximate surface area is 89.6 Å². The van der Waals surface area contributed by atoms with Gasteiger partial charge in [0.25, 0.3) is 0 Å². The van der Waals surface area contributed by atoms with E-state index in [0.29, 0.717) is 12.6 Å². The lowest BCUT2D eigenvalue weighted by Crippen LogP contribution is -2.63. The topological polar surface area (TPSA) is 53.0 Å². The molecule has 15 heavy (non-hydrogen) atoms. The summed E-state index contributed by atoms with van der Waals surface area (Å²) in [5, 5.41) is 8.82. The fraction of sp³-hybridized carbons (Fsp3) is 0.900. The minimum absolute atomic E-state index is 0.0648. The third-order valence-corrected chi connectivity index (χ3v) is 3.20. The molecule has 2 fully saturated rings. The number of aliphatic carboxylic acids is 1. The number of morpholine rings is 1. The second kappa shape index (κ2) is 4.47. The molecule has 1 N–H and O–H groups in total. The molecule has 0 saturated carbocycles. The Hall–Kier alpha value is -0.650. The Morgan fingerprint density at radius 1 is 1.53 bits per heavy atom. The van der Waals surface area contributed by atoms with Gasteiger partial charge in [0.05, 0.1) is 19.6 Å². The lowest BCUT2D eigenvalue weighted by Gasteiger charge is -2.48. The van der Waals surface area contributed by atoms with Crippen LogP contribution >= 0.6 is 0 Å². The predicted octanol–water partition coefficient (Wildman–Crippen LogP) is -0.524. The highest BCUT2D eigenvalue weighted by molar-refractivity contribution is 5.67. The van der Waals surface area contributed by atoms with Gasteiger partial charge in [-0.2, -0.15) is 0 Å². The summed E-state index contributed by atoms with van der Waals surface area (Å²) in [5.41, 5.74) is 0. The number of carbonyl (C=O) groups is 1. The van der Waals surface area contributed by atoms with Crippen molar-refractivity contribution in [1.82, 2.24) is 9.80 Å². The molecule has 5 heteroatoms. The number of carboxylic acids is 1. The molecule has 2 aliphatic heterocycles. The van der Waals surface area contributed by atoms with Crippen LogP contribution in [0.25, 0.3) is 0 Å². The third-order valence-electron chi connectivity index (χ3n) is 3.20. The van der Waals surface area contributed by atoms with E-state index in [2.05, 4.69) is 16.8 Å². The molecule has 0 amide bonds. The van der Waals surface area contributed by atoms with Gasteiger partial charge in [0.1, 0.15) is 0 Å². The summed E-state index contributed by atoms with van der Waals surface area (Å²) in [5.74, 6) is -0.733. The van der Waals surface area contributed by atoms with Crippen molar-refractivity contribution in [3.05, 3.63) is 0 Å². The van der Waals surface area contributed by atoms with Crippen LogP contribution in [-0.2, 0) is 9.53 Å². The first-order valence-corrected chi connectivity index (χ1v) is 5.40. The summed E-state index contributed by atoms with van der Waals surface area (Å²) < 4.78 is 5.34. The maximum Gasteiger partial charge on any atom is 0.305 e. The van der Waals surface area contributed by atoms with Crippen LogP contribution in [0.3, 0.4) is 0 Å². The largest absolute Gasteiger partial charge is 0.481 e. The number of likely N-dealkylation sites (N-methyl/N-ethyl adjacent to an activating group) is 1. The van der Waals surface area contributed by atoms with Crippen LogP contribution in [-0.4, -0.2) is 72.9 Å². The van der Waals surface area contributed by atoms with Crippen LogP contribution in [0.2, 0.25) is 0 Å². The maximum atomic E-state index is 10.7. The first-order chi connectivity index (χ1) is 7.16. The van der Waals surface area contributed by atoms with E-state index in [-0.39, 0.29) is 12.5 Å². The highest BCUT2D eigenvalue weighted by Crippen LogP contribution is 2.20. The first-order valence-electron chi connectivity index (χ1n) is 5.40. The molecule has 0 aromatic heterocycles. The normalized spacial score (nSPS) is 30.1. The van der Waals surface area contributed by atoms with Crippen LogP contribution in [0.1, 0.15) is 6.42 Å². The van der Waals surface area contributed by atoms with Crippen molar-refractivity contribution in [3.63, 3.8) is 0 Å². The molecular formula is C10H18N2O3. The van der Waals surface area contributed by atoms with Crippen molar-refractivity contribution in [3.8, 4) is 0 Å². The van der Waals surface area contributed by atoms with Gasteiger partial charge < -0.3 is 14.7 Å². The van der Waals surface area contributed by atoms with Gasteiger partial charge in [0, 0.05) is 31.7 Å². The van der Waals surface area contributed by atoms with Crippen molar-refractivity contribution >= 4 is 5.97 Å². The lowest BCUT2D eigenvalue weighted by molar-refractivity contribution is -0.142. The fourth-order valence-corrected chi connectivity index (χ4v) is 2.40. The summed E-state index contributed by atoms with van der Waals surface area (Å²) in [7, 11) is 2.09. The number of rotatable bonds is 3. The number of likely N-dealkylation sites (tertiary alicyclic amines) is 1. The van der Waals surface area contributed by atoms with Gasteiger partial charge in [0.15, 0.2) is 0 Å². The van der Waals surface area contributed by atoms with Gasteiger partial charge in [-0.15, -0.1) is 0 Å². The van der Waals surface area contributed by atoms with E-state index in [1.165, 1.54) is 0 Å². The van der Waals surface area contributed by atoms with Crippen LogP contribution in [0.5, 0.6) is 0 Å². The average molecular weight is 214 g/mol. The van der Waals surface area contributed by atoms with Crippen molar-refractivity contribution in [2.24, 2.45) is 0 Å². The van der Waals surface area contributed by atoms with Gasteiger partial charge in [-0.05, 0) is 7.05 Å². The van der Waals surface area contributed by atoms with Crippen LogP contribution < -0.4 is 0 Å². The summed E-state index contributed by atoms with van der Waals surface area (Å²) in [6.07, 6.45) is 0.195. The van der Waals surface area contributed by atoms with E-state index in [1.54, 1.807) is 0 Å². The third kappa shape index (κ3) is 2.48. The number of carboxylic acid groups (broad SMARTS) is 1. The maximum absolute atomic E-state index is 10.7. The zero-order chi connectivity index (χ0) is 10.8. The number of ether oxygens (including phenoxy) is 1. The summed E-state index contributed by atoms with van der Waals surface area (Å²) >= 11 is 0. The molecule has 0 aromatic carbocycles. The first kappa shape index (κ1) is 10.9. The van der Waals surface area contributed by atoms with Crippen molar-refractivity contribution in [1.29, 1.82) is 0 Å². The van der Waals surface area contributed by atoms with Crippen molar-refractivity contribution < 1.29 is 14.6 Å². The Balaban J connectivity index is 1.90. The molecule has 0 aliphatic carbocycles. The van der Waals surface area contributed by atoms with Gasteiger partial charge in [-0.3, -0.25) is 9.69 Å². The minimum atomic E-state index is -0.733. The fourth-order valence-electron chi connectivity index (χ4n) is 2.40. The highest BCUT2D eigenvalue weighted by Gasteiger charge is 2.36. The van der Waals surface area contributed by atoms with Gasteiger partial charge in [-0.25, -0.2) is 0 Å². The Morgan fingerprint density at radius 3 is 2.87 bits per heavy atom. The molecular weight excluding hydrogens is 196 g/mol. The smallest absolute Gasteiger partial charge is 0.305 e. The highest BCUT2D eigenvalue weighted by atomic mass is 16.5. The molecule has 2 saturated heterocycles. The van der Waals surface area contributed by atoms with Gasteiger partial charge in [-0.1, -0.05) is 0 Å². The monoisotopic (exact) mass is 214 g/mol. The van der Waals surface area contributed by atoms with Gasteiger partial charge >= 0.3 is 5.97 Å². The van der Waals surface area contributed by atoms with Crippen LogP contribution in [0.15, 0.2) is 0 Å². The summed E-state index contributed by atoms with van der Waals surface area (Å²) in [4.78, 5) is 15.3. The minimum Gasteiger partial charge on any atom is -0.481 e. The average Bonchev–Trinajstić information content (AvgIpc) is 2.13. The SMILES string of the molecule is CN1CC(N2CCOCC2CC(=O)O)C1. The molecule has 0 spiro atoms. The summed E-state index contributed by atoms with van der Waals surface area (Å²) in [6.45, 7) is 4.27. The predicted molar refractivity (Wildman–Crippen MR) is 54.9 cm³/mol. The number of hydrogen-bond acceptors (Lipinski definition) is 4. The molecule has 86 valence electrons. The van der Waals surface area contributed by atoms with Crippen molar-refractivity contribution in [2.75, 3.05) is 39.9 Å². The van der Waals surface area contributed by atoms with E-state index >= 15 is 0 Å². The molecule has 0 aromatic rings. The Morgan fingerprint density at radius 2 is 2.27 bits per heavy atom. The Bertz CT molecular complexity index is 241. The van der Waals surface area contributed by atoms with Crippen LogP contribution in [0.4, 0.5) is 0 Å². The van der Waals surface area contributed by atoms with Crippen LogP contribution in [0, 0.1) is 0 Å². The number of nitrogens with zero attached hydrogens (tertiary/aromatic N) is 2. The number of hydrogen-bond donors (Lipinski definition) is 1. The zero-order valence-electron chi connectivity index (χ0n) is 9.06. The summed E-state index contributed by atoms with van der Waals surface area (Å²) in [6, 6.07) is 0.596. The standard InChI is InChI=1S/C10H18N2O3/c1-11-5-9(6-11)12-2-3-15-7-8(12)4-10(13)14/h8-9H,2-7H2,1H3,(H,13,14). The molecule has 0 radical (unpaired) electrons.